The number of pyridine rings is 1. The van der Waals surface area contributed by atoms with E-state index in [1.807, 2.05) is 31.2 Å². The van der Waals surface area contributed by atoms with Crippen molar-refractivity contribution in [3.05, 3.63) is 36.2 Å². The number of carbonyl (C=O) groups is 2. The second kappa shape index (κ2) is 4.49. The van der Waals surface area contributed by atoms with Crippen molar-refractivity contribution < 1.29 is 9.59 Å². The molecule has 2 heterocycles. The number of nitrogens with zero attached hydrogens (tertiary/aromatic N) is 2. The van der Waals surface area contributed by atoms with Gasteiger partial charge in [0.15, 0.2) is 0 Å². The molecule has 88 valence electrons. The summed E-state index contributed by atoms with van der Waals surface area (Å²) in [5.41, 5.74) is 1.76. The number of aromatic nitrogens is 1. The van der Waals surface area contributed by atoms with E-state index in [-0.39, 0.29) is 24.2 Å². The summed E-state index contributed by atoms with van der Waals surface area (Å²) < 4.78 is 0. The molecule has 0 saturated carbocycles. The minimum Gasteiger partial charge on any atom is -0.285 e. The molecule has 1 fully saturated rings. The van der Waals surface area contributed by atoms with Crippen LogP contribution in [0.25, 0.3) is 5.57 Å². The van der Waals surface area contributed by atoms with E-state index in [9.17, 15) is 9.59 Å². The van der Waals surface area contributed by atoms with Crippen LogP contribution in [0.2, 0.25) is 0 Å². The maximum absolute atomic E-state index is 11.7. The molecule has 0 bridgehead atoms. The fourth-order valence-corrected chi connectivity index (χ4v) is 1.90. The topological polar surface area (TPSA) is 50.3 Å². The van der Waals surface area contributed by atoms with Gasteiger partial charge in [-0.2, -0.15) is 0 Å². The molecule has 0 radical (unpaired) electrons. The van der Waals surface area contributed by atoms with Gasteiger partial charge in [0.1, 0.15) is 0 Å². The maximum atomic E-state index is 11.7. The molecule has 4 nitrogen and oxygen atoms in total. The minimum absolute atomic E-state index is 0.120. The molecular weight excluding hydrogens is 216 g/mol. The molecule has 0 spiro atoms. The number of hydrogen-bond donors (Lipinski definition) is 0. The first kappa shape index (κ1) is 11.5. The highest BCUT2D eigenvalue weighted by Gasteiger charge is 2.34. The third kappa shape index (κ3) is 2.25. The summed E-state index contributed by atoms with van der Waals surface area (Å²) in [4.78, 5) is 28.5. The number of rotatable bonds is 2. The first-order valence-electron chi connectivity index (χ1n) is 5.50. The van der Waals surface area contributed by atoms with Gasteiger partial charge in [0.25, 0.3) is 0 Å². The summed E-state index contributed by atoms with van der Waals surface area (Å²) in [6.07, 6.45) is 3.80. The molecule has 1 aliphatic heterocycles. The smallest absolute Gasteiger partial charge is 0.236 e. The third-order valence-electron chi connectivity index (χ3n) is 2.94. The largest absolute Gasteiger partial charge is 0.285 e. The van der Waals surface area contributed by atoms with Crippen molar-refractivity contribution in [3.63, 3.8) is 0 Å². The molecule has 1 atom stereocenters. The molecule has 0 aromatic carbocycles. The monoisotopic (exact) mass is 230 g/mol. The maximum Gasteiger partial charge on any atom is 0.236 e. The van der Waals surface area contributed by atoms with Crippen molar-refractivity contribution >= 4 is 17.4 Å². The highest BCUT2D eigenvalue weighted by molar-refractivity contribution is 6.04. The van der Waals surface area contributed by atoms with Gasteiger partial charge in [0.05, 0.1) is 11.6 Å². The number of carbonyl (C=O) groups excluding carboxylic acids is 2. The molecule has 0 N–H and O–H groups in total. The molecule has 1 aliphatic rings. The Kier molecular flexibility index (Phi) is 3.04. The molecule has 0 unspecified atom stereocenters. The Hall–Kier alpha value is -1.97. The Labute approximate surface area is 100.0 Å². The lowest BCUT2D eigenvalue weighted by molar-refractivity contribution is -0.137. The zero-order valence-corrected chi connectivity index (χ0v) is 9.88. The lowest BCUT2D eigenvalue weighted by Gasteiger charge is -2.06. The predicted molar refractivity (Wildman–Crippen MR) is 63.8 cm³/mol. The summed E-state index contributed by atoms with van der Waals surface area (Å²) in [6, 6.07) is 5.62. The van der Waals surface area contributed by atoms with Crippen molar-refractivity contribution in [2.24, 2.45) is 5.92 Å². The highest BCUT2D eigenvalue weighted by atomic mass is 16.2. The van der Waals surface area contributed by atoms with Crippen LogP contribution in [0, 0.1) is 5.92 Å². The second-order valence-corrected chi connectivity index (χ2v) is 4.17. The number of amides is 2. The van der Waals surface area contributed by atoms with E-state index in [4.69, 9.17) is 0 Å². The van der Waals surface area contributed by atoms with Crippen LogP contribution in [-0.2, 0) is 9.59 Å². The van der Waals surface area contributed by atoms with Crippen LogP contribution >= 0.6 is 0 Å². The van der Waals surface area contributed by atoms with Gasteiger partial charge in [-0.15, -0.1) is 0 Å². The number of allylic oxidation sites excluding steroid dienone is 1. The lowest BCUT2D eigenvalue weighted by atomic mass is 10.0. The lowest BCUT2D eigenvalue weighted by Crippen LogP contribution is -2.25. The van der Waals surface area contributed by atoms with Gasteiger partial charge in [0, 0.05) is 19.7 Å². The van der Waals surface area contributed by atoms with Crippen LogP contribution in [0.3, 0.4) is 0 Å². The van der Waals surface area contributed by atoms with Gasteiger partial charge in [-0.05, 0) is 24.6 Å². The van der Waals surface area contributed by atoms with Crippen molar-refractivity contribution in [2.75, 3.05) is 7.05 Å². The molecule has 1 aromatic rings. The summed E-state index contributed by atoms with van der Waals surface area (Å²) >= 11 is 0. The molecule has 2 amide bonds. The number of likely N-dealkylation sites (tertiary alicyclic amines) is 1. The number of hydrogen-bond acceptors (Lipinski definition) is 3. The van der Waals surface area contributed by atoms with Crippen LogP contribution in [0.4, 0.5) is 0 Å². The minimum atomic E-state index is -0.338. The first-order chi connectivity index (χ1) is 8.09. The molecule has 4 heteroatoms. The number of imide groups is 1. The van der Waals surface area contributed by atoms with Crippen LogP contribution < -0.4 is 0 Å². The van der Waals surface area contributed by atoms with E-state index in [2.05, 4.69) is 4.98 Å². The fraction of sp³-hybridized carbons (Fsp3) is 0.308. The molecule has 0 aliphatic carbocycles. The van der Waals surface area contributed by atoms with Crippen LogP contribution in [0.1, 0.15) is 19.0 Å². The van der Waals surface area contributed by atoms with Crippen molar-refractivity contribution in [1.29, 1.82) is 0 Å². The van der Waals surface area contributed by atoms with Gasteiger partial charge >= 0.3 is 0 Å². The molecule has 2 rings (SSSR count). The predicted octanol–water partition coefficient (Wildman–Crippen LogP) is 1.49. The van der Waals surface area contributed by atoms with Gasteiger partial charge < -0.3 is 0 Å². The normalized spacial score (nSPS) is 21.2. The van der Waals surface area contributed by atoms with Gasteiger partial charge in [-0.1, -0.05) is 12.1 Å². The summed E-state index contributed by atoms with van der Waals surface area (Å²) in [5, 5.41) is 0. The summed E-state index contributed by atoms with van der Waals surface area (Å²) in [7, 11) is 1.52. The Morgan fingerprint density at radius 2 is 2.24 bits per heavy atom. The van der Waals surface area contributed by atoms with Crippen LogP contribution in [0.15, 0.2) is 30.5 Å². The Balaban J connectivity index is 2.21. The third-order valence-corrected chi connectivity index (χ3v) is 2.94. The quantitative estimate of drug-likeness (QED) is 0.723. The van der Waals surface area contributed by atoms with Gasteiger partial charge in [-0.3, -0.25) is 19.5 Å². The molecule has 1 aromatic heterocycles. The van der Waals surface area contributed by atoms with E-state index in [1.54, 1.807) is 6.20 Å². The van der Waals surface area contributed by atoms with E-state index in [0.717, 1.165) is 11.3 Å². The zero-order valence-electron chi connectivity index (χ0n) is 9.88. The average molecular weight is 230 g/mol. The Bertz CT molecular complexity index is 479. The van der Waals surface area contributed by atoms with E-state index in [0.29, 0.717) is 0 Å². The molecule has 1 saturated heterocycles. The molecular formula is C13H14N2O2. The van der Waals surface area contributed by atoms with E-state index in [1.165, 1.54) is 11.9 Å². The molecule has 17 heavy (non-hydrogen) atoms. The van der Waals surface area contributed by atoms with Crippen molar-refractivity contribution in [3.8, 4) is 0 Å². The SMILES string of the molecule is C/C(=C/[C@H]1CC(=O)N(C)C1=O)c1ccccn1. The van der Waals surface area contributed by atoms with Crippen molar-refractivity contribution in [1.82, 2.24) is 9.88 Å². The zero-order chi connectivity index (χ0) is 12.4. The summed E-state index contributed by atoms with van der Waals surface area (Å²) in [6.45, 7) is 1.90. The Morgan fingerprint density at radius 3 is 2.76 bits per heavy atom. The van der Waals surface area contributed by atoms with E-state index < -0.39 is 0 Å². The van der Waals surface area contributed by atoms with Gasteiger partial charge in [-0.25, -0.2) is 0 Å². The Morgan fingerprint density at radius 1 is 1.47 bits per heavy atom. The average Bonchev–Trinajstić information content (AvgIpc) is 2.58. The van der Waals surface area contributed by atoms with Crippen LogP contribution in [0.5, 0.6) is 0 Å². The standard InChI is InChI=1S/C13H14N2O2/c1-9(11-5-3-4-6-14-11)7-10-8-12(16)15(2)13(10)17/h3-7,10H,8H2,1-2H3/b9-7-/t10-/m0/s1. The van der Waals surface area contributed by atoms with E-state index >= 15 is 0 Å². The fourth-order valence-electron chi connectivity index (χ4n) is 1.90. The second-order valence-electron chi connectivity index (χ2n) is 4.17. The van der Waals surface area contributed by atoms with Crippen molar-refractivity contribution in [2.45, 2.75) is 13.3 Å². The first-order valence-corrected chi connectivity index (χ1v) is 5.50. The van der Waals surface area contributed by atoms with Gasteiger partial charge in [0.2, 0.25) is 11.8 Å². The van der Waals surface area contributed by atoms with Crippen LogP contribution in [-0.4, -0.2) is 28.7 Å². The summed E-state index contributed by atoms with van der Waals surface area (Å²) in [5.74, 6) is -0.593. The highest BCUT2D eigenvalue weighted by Crippen LogP contribution is 2.23.